The van der Waals surface area contributed by atoms with Crippen molar-refractivity contribution in [2.45, 2.75) is 58.2 Å². The van der Waals surface area contributed by atoms with Gasteiger partial charge in [0, 0.05) is 19.1 Å². The van der Waals surface area contributed by atoms with Crippen molar-refractivity contribution in [3.05, 3.63) is 71.8 Å². The van der Waals surface area contributed by atoms with E-state index in [0.717, 1.165) is 19.5 Å². The minimum absolute atomic E-state index is 0.104. The largest absolute Gasteiger partial charge is 0.348 e. The van der Waals surface area contributed by atoms with Gasteiger partial charge in [-0.25, -0.2) is 0 Å². The van der Waals surface area contributed by atoms with E-state index in [0.29, 0.717) is 12.6 Å². The molecule has 0 N–H and O–H groups in total. The highest BCUT2D eigenvalue weighted by molar-refractivity contribution is 5.17. The molecule has 3 nitrogen and oxygen atoms in total. The monoisotopic (exact) mass is 339 g/mol. The highest BCUT2D eigenvalue weighted by atomic mass is 16.7. The molecule has 1 aliphatic heterocycles. The molecule has 0 bridgehead atoms. The van der Waals surface area contributed by atoms with Crippen molar-refractivity contribution in [2.75, 3.05) is 6.61 Å². The smallest absolute Gasteiger partial charge is 0.163 e. The first-order valence-corrected chi connectivity index (χ1v) is 9.21. The van der Waals surface area contributed by atoms with E-state index in [4.69, 9.17) is 9.47 Å². The Balaban J connectivity index is 1.80. The number of hydrogen-bond acceptors (Lipinski definition) is 3. The molecule has 2 unspecified atom stereocenters. The minimum atomic E-state index is -0.483. The van der Waals surface area contributed by atoms with E-state index in [1.807, 2.05) is 13.8 Å². The molecule has 2 atom stereocenters. The van der Waals surface area contributed by atoms with Gasteiger partial charge in [-0.05, 0) is 31.4 Å². The quantitative estimate of drug-likeness (QED) is 0.735. The lowest BCUT2D eigenvalue weighted by molar-refractivity contribution is -0.147. The van der Waals surface area contributed by atoms with Crippen molar-refractivity contribution < 1.29 is 9.47 Å². The molecule has 0 saturated carbocycles. The van der Waals surface area contributed by atoms with Crippen molar-refractivity contribution >= 4 is 0 Å². The summed E-state index contributed by atoms with van der Waals surface area (Å²) in [5.41, 5.74) is 2.66. The maximum absolute atomic E-state index is 6.19. The lowest BCUT2D eigenvalue weighted by atomic mass is 10.0. The van der Waals surface area contributed by atoms with Gasteiger partial charge in [-0.3, -0.25) is 4.90 Å². The summed E-state index contributed by atoms with van der Waals surface area (Å²) in [5.74, 6) is -0.483. The first-order chi connectivity index (χ1) is 12.1. The standard InChI is InChI=1S/C22H29NO2/c1-4-20(21-17-24-22(2,3)25-21)23(15-18-11-7-5-8-12-18)16-19-13-9-6-10-14-19/h5-14,20-21H,4,15-17H2,1-3H3. The predicted molar refractivity (Wildman–Crippen MR) is 101 cm³/mol. The summed E-state index contributed by atoms with van der Waals surface area (Å²) in [7, 11) is 0. The highest BCUT2D eigenvalue weighted by Crippen LogP contribution is 2.29. The van der Waals surface area contributed by atoms with E-state index in [1.165, 1.54) is 11.1 Å². The van der Waals surface area contributed by atoms with E-state index >= 15 is 0 Å². The molecule has 25 heavy (non-hydrogen) atoms. The molecule has 3 rings (SSSR count). The van der Waals surface area contributed by atoms with Gasteiger partial charge in [-0.1, -0.05) is 67.6 Å². The average molecular weight is 339 g/mol. The Morgan fingerprint density at radius 1 is 0.960 bits per heavy atom. The third kappa shape index (κ3) is 4.91. The zero-order valence-electron chi connectivity index (χ0n) is 15.5. The Morgan fingerprint density at radius 2 is 1.48 bits per heavy atom. The fourth-order valence-electron chi connectivity index (χ4n) is 3.59. The summed E-state index contributed by atoms with van der Waals surface area (Å²) in [6.07, 6.45) is 1.14. The van der Waals surface area contributed by atoms with Crippen molar-refractivity contribution in [1.29, 1.82) is 0 Å². The van der Waals surface area contributed by atoms with E-state index in [2.05, 4.69) is 72.5 Å². The van der Waals surface area contributed by atoms with Gasteiger partial charge in [0.25, 0.3) is 0 Å². The summed E-state index contributed by atoms with van der Waals surface area (Å²) < 4.78 is 12.0. The van der Waals surface area contributed by atoms with Crippen molar-refractivity contribution in [1.82, 2.24) is 4.90 Å². The maximum atomic E-state index is 6.19. The van der Waals surface area contributed by atoms with E-state index in [1.54, 1.807) is 0 Å². The van der Waals surface area contributed by atoms with Crippen LogP contribution in [-0.2, 0) is 22.6 Å². The zero-order chi connectivity index (χ0) is 17.7. The van der Waals surface area contributed by atoms with Gasteiger partial charge in [0.2, 0.25) is 0 Å². The van der Waals surface area contributed by atoms with Crippen LogP contribution < -0.4 is 0 Å². The molecule has 0 aromatic heterocycles. The second kappa shape index (κ2) is 8.13. The Morgan fingerprint density at radius 3 is 1.88 bits per heavy atom. The Bertz CT molecular complexity index is 600. The van der Waals surface area contributed by atoms with Crippen LogP contribution in [-0.4, -0.2) is 29.4 Å². The highest BCUT2D eigenvalue weighted by Gasteiger charge is 2.38. The summed E-state index contributed by atoms with van der Waals surface area (Å²) in [6.45, 7) is 8.72. The maximum Gasteiger partial charge on any atom is 0.163 e. The molecule has 2 aromatic rings. The van der Waals surface area contributed by atoms with Crippen LogP contribution in [0.1, 0.15) is 38.3 Å². The van der Waals surface area contributed by atoms with Gasteiger partial charge in [-0.2, -0.15) is 0 Å². The van der Waals surface area contributed by atoms with Gasteiger partial charge < -0.3 is 9.47 Å². The van der Waals surface area contributed by atoms with Crippen LogP contribution in [0.3, 0.4) is 0 Å². The molecule has 0 radical (unpaired) electrons. The van der Waals surface area contributed by atoms with Crippen LogP contribution in [0.5, 0.6) is 0 Å². The summed E-state index contributed by atoms with van der Waals surface area (Å²) in [6, 6.07) is 21.7. The molecule has 3 heteroatoms. The molecule has 0 spiro atoms. The van der Waals surface area contributed by atoms with Gasteiger partial charge in [0.1, 0.15) is 0 Å². The number of hydrogen-bond donors (Lipinski definition) is 0. The molecule has 134 valence electrons. The number of nitrogens with zero attached hydrogens (tertiary/aromatic N) is 1. The van der Waals surface area contributed by atoms with Crippen molar-refractivity contribution in [3.63, 3.8) is 0 Å². The normalized spacial score (nSPS) is 20.7. The second-order valence-corrected chi connectivity index (χ2v) is 7.22. The number of ether oxygens (including phenoxy) is 2. The van der Waals surface area contributed by atoms with Crippen LogP contribution in [0.4, 0.5) is 0 Å². The average Bonchev–Trinajstić information content (AvgIpc) is 2.97. The van der Waals surface area contributed by atoms with Crippen molar-refractivity contribution in [2.24, 2.45) is 0 Å². The number of benzene rings is 2. The summed E-state index contributed by atoms with van der Waals surface area (Å²) >= 11 is 0. The lowest BCUT2D eigenvalue weighted by Crippen LogP contribution is -2.44. The molecule has 1 aliphatic rings. The van der Waals surface area contributed by atoms with Crippen LogP contribution in [0, 0.1) is 0 Å². The zero-order valence-corrected chi connectivity index (χ0v) is 15.5. The Labute approximate surface area is 151 Å². The Hall–Kier alpha value is -1.68. The first kappa shape index (κ1) is 18.1. The van der Waals surface area contributed by atoms with Gasteiger partial charge in [0.15, 0.2) is 5.79 Å². The fourth-order valence-corrected chi connectivity index (χ4v) is 3.59. The predicted octanol–water partition coefficient (Wildman–Crippen LogP) is 4.62. The molecule has 1 heterocycles. The second-order valence-electron chi connectivity index (χ2n) is 7.22. The van der Waals surface area contributed by atoms with Gasteiger partial charge in [0.05, 0.1) is 12.7 Å². The Kier molecular flexibility index (Phi) is 5.89. The van der Waals surface area contributed by atoms with E-state index in [9.17, 15) is 0 Å². The van der Waals surface area contributed by atoms with Crippen LogP contribution in [0.15, 0.2) is 60.7 Å². The lowest BCUT2D eigenvalue weighted by Gasteiger charge is -2.35. The summed E-state index contributed by atoms with van der Waals surface area (Å²) in [5, 5.41) is 0. The fraction of sp³-hybridized carbons (Fsp3) is 0.455. The molecule has 0 aliphatic carbocycles. The third-order valence-electron chi connectivity index (χ3n) is 4.80. The molecular weight excluding hydrogens is 310 g/mol. The topological polar surface area (TPSA) is 21.7 Å². The van der Waals surface area contributed by atoms with E-state index in [-0.39, 0.29) is 6.10 Å². The van der Waals surface area contributed by atoms with Gasteiger partial charge >= 0.3 is 0 Å². The van der Waals surface area contributed by atoms with Gasteiger partial charge in [-0.15, -0.1) is 0 Å². The third-order valence-corrected chi connectivity index (χ3v) is 4.80. The van der Waals surface area contributed by atoms with Crippen LogP contribution in [0.2, 0.25) is 0 Å². The van der Waals surface area contributed by atoms with Crippen molar-refractivity contribution in [3.8, 4) is 0 Å². The molecule has 0 amide bonds. The molecular formula is C22H29NO2. The number of rotatable bonds is 7. The minimum Gasteiger partial charge on any atom is -0.348 e. The van der Waals surface area contributed by atoms with Crippen LogP contribution in [0.25, 0.3) is 0 Å². The molecule has 1 fully saturated rings. The van der Waals surface area contributed by atoms with E-state index < -0.39 is 5.79 Å². The molecule has 1 saturated heterocycles. The summed E-state index contributed by atoms with van der Waals surface area (Å²) in [4.78, 5) is 2.53. The molecule has 2 aromatic carbocycles. The first-order valence-electron chi connectivity index (χ1n) is 9.21. The van der Waals surface area contributed by atoms with Crippen LogP contribution >= 0.6 is 0 Å². The SMILES string of the molecule is CCC(C1COC(C)(C)O1)N(Cc1ccccc1)Cc1ccccc1.